The van der Waals surface area contributed by atoms with Crippen molar-refractivity contribution in [1.29, 1.82) is 0 Å². The van der Waals surface area contributed by atoms with E-state index >= 15 is 0 Å². The van der Waals surface area contributed by atoms with Gasteiger partial charge < -0.3 is 14.2 Å². The van der Waals surface area contributed by atoms with Crippen molar-refractivity contribution in [2.24, 2.45) is 0 Å². The topological polar surface area (TPSA) is 96.6 Å². The molecule has 0 aliphatic carbocycles. The average molecular weight is 469 g/mol. The van der Waals surface area contributed by atoms with E-state index in [4.69, 9.17) is 4.42 Å². The van der Waals surface area contributed by atoms with Gasteiger partial charge in [0.15, 0.2) is 0 Å². The first-order valence-corrected chi connectivity index (χ1v) is 12.5. The Bertz CT molecular complexity index is 1210. The molecule has 0 N–H and O–H groups in total. The number of hydrogen-bond acceptors (Lipinski definition) is 7. The summed E-state index contributed by atoms with van der Waals surface area (Å²) in [5.74, 6) is -1.04. The SMILES string of the molecule is CC(C)(C)c1ccc(-c2nnc(S(=O)(=O)CC(=O)N3CCN(c4ccccc4)CC3)o2)cc1. The van der Waals surface area contributed by atoms with Crippen LogP contribution in [0.2, 0.25) is 0 Å². The zero-order valence-corrected chi connectivity index (χ0v) is 19.9. The van der Waals surface area contributed by atoms with Crippen LogP contribution in [0, 0.1) is 0 Å². The van der Waals surface area contributed by atoms with Crippen LogP contribution in [0.1, 0.15) is 26.3 Å². The first kappa shape index (κ1) is 23.0. The Morgan fingerprint density at radius 2 is 1.58 bits per heavy atom. The summed E-state index contributed by atoms with van der Waals surface area (Å²) in [5.41, 5.74) is 2.84. The Balaban J connectivity index is 1.39. The van der Waals surface area contributed by atoms with E-state index in [1.807, 2.05) is 54.6 Å². The highest BCUT2D eigenvalue weighted by atomic mass is 32.2. The molecule has 0 bridgehead atoms. The van der Waals surface area contributed by atoms with E-state index in [9.17, 15) is 13.2 Å². The number of amides is 1. The van der Waals surface area contributed by atoms with Gasteiger partial charge in [-0.15, -0.1) is 5.10 Å². The first-order chi connectivity index (χ1) is 15.6. The summed E-state index contributed by atoms with van der Waals surface area (Å²) >= 11 is 0. The van der Waals surface area contributed by atoms with Gasteiger partial charge >= 0.3 is 5.22 Å². The summed E-state index contributed by atoms with van der Waals surface area (Å²) < 4.78 is 30.9. The Morgan fingerprint density at radius 1 is 0.939 bits per heavy atom. The standard InChI is InChI=1S/C24H28N4O4S/c1-24(2,3)19-11-9-18(10-12-19)22-25-26-23(32-22)33(30,31)17-21(29)28-15-13-27(14-16-28)20-7-5-4-6-8-20/h4-12H,13-17H2,1-3H3. The molecule has 1 saturated heterocycles. The highest BCUT2D eigenvalue weighted by molar-refractivity contribution is 7.91. The summed E-state index contributed by atoms with van der Waals surface area (Å²) in [4.78, 5) is 16.4. The second-order valence-electron chi connectivity index (χ2n) is 9.16. The number of hydrogen-bond donors (Lipinski definition) is 0. The molecule has 3 aromatic rings. The van der Waals surface area contributed by atoms with Crippen molar-refractivity contribution in [3.05, 3.63) is 60.2 Å². The predicted octanol–water partition coefficient (Wildman–Crippen LogP) is 3.16. The van der Waals surface area contributed by atoms with Crippen molar-refractivity contribution in [2.45, 2.75) is 31.4 Å². The molecule has 0 atom stereocenters. The summed E-state index contributed by atoms with van der Waals surface area (Å²) in [5, 5.41) is 7.05. The number of aromatic nitrogens is 2. The van der Waals surface area contributed by atoms with Crippen LogP contribution in [0.25, 0.3) is 11.5 Å². The first-order valence-electron chi connectivity index (χ1n) is 10.9. The number of anilines is 1. The molecule has 1 aliphatic heterocycles. The summed E-state index contributed by atoms with van der Waals surface area (Å²) in [7, 11) is -4.04. The number of piperazine rings is 1. The number of carbonyl (C=O) groups excluding carboxylic acids is 1. The normalized spacial score (nSPS) is 15.0. The molecule has 1 fully saturated rings. The number of sulfone groups is 1. The molecule has 1 amide bonds. The van der Waals surface area contributed by atoms with Crippen LogP contribution in [0.4, 0.5) is 5.69 Å². The highest BCUT2D eigenvalue weighted by Crippen LogP contribution is 2.26. The van der Waals surface area contributed by atoms with Crippen LogP contribution in [0.3, 0.4) is 0 Å². The van der Waals surface area contributed by atoms with Crippen molar-refractivity contribution in [3.63, 3.8) is 0 Å². The molecule has 0 unspecified atom stereocenters. The quantitative estimate of drug-likeness (QED) is 0.567. The molecule has 9 heteroatoms. The molecule has 2 heterocycles. The lowest BCUT2D eigenvalue weighted by Crippen LogP contribution is -2.50. The Hall–Kier alpha value is -3.20. The molecule has 0 spiro atoms. The van der Waals surface area contributed by atoms with Gasteiger partial charge in [0.1, 0.15) is 5.75 Å². The van der Waals surface area contributed by atoms with E-state index in [2.05, 4.69) is 35.9 Å². The summed E-state index contributed by atoms with van der Waals surface area (Å²) in [6.07, 6.45) is 0. The van der Waals surface area contributed by atoms with Crippen LogP contribution in [-0.4, -0.2) is 61.4 Å². The van der Waals surface area contributed by atoms with Gasteiger partial charge in [-0.05, 0) is 35.2 Å². The third-order valence-corrected chi connectivity index (χ3v) is 7.06. The van der Waals surface area contributed by atoms with Crippen molar-refractivity contribution < 1.29 is 17.6 Å². The van der Waals surface area contributed by atoms with E-state index in [0.29, 0.717) is 31.7 Å². The molecule has 2 aromatic carbocycles. The largest absolute Gasteiger partial charge is 0.408 e. The summed E-state index contributed by atoms with van der Waals surface area (Å²) in [6.45, 7) is 8.53. The zero-order valence-electron chi connectivity index (χ0n) is 19.1. The molecule has 0 radical (unpaired) electrons. The number of para-hydroxylation sites is 1. The number of benzene rings is 2. The molecule has 8 nitrogen and oxygen atoms in total. The Labute approximate surface area is 194 Å². The van der Waals surface area contributed by atoms with Gasteiger partial charge in [0.2, 0.25) is 21.6 Å². The fourth-order valence-corrected chi connectivity index (χ4v) is 4.74. The number of carbonyl (C=O) groups is 1. The third kappa shape index (κ3) is 5.24. The monoisotopic (exact) mass is 468 g/mol. The maximum absolute atomic E-state index is 12.7. The highest BCUT2D eigenvalue weighted by Gasteiger charge is 2.30. The third-order valence-electron chi connectivity index (χ3n) is 5.74. The molecular weight excluding hydrogens is 440 g/mol. The molecule has 4 rings (SSSR count). The van der Waals surface area contributed by atoms with Gasteiger partial charge in [0.05, 0.1) is 0 Å². The van der Waals surface area contributed by atoms with Gasteiger partial charge in [-0.1, -0.05) is 56.2 Å². The zero-order chi connectivity index (χ0) is 23.6. The van der Waals surface area contributed by atoms with Gasteiger partial charge in [-0.3, -0.25) is 4.79 Å². The Morgan fingerprint density at radius 3 is 2.18 bits per heavy atom. The second-order valence-corrected chi connectivity index (χ2v) is 11.0. The molecule has 1 aliphatic rings. The van der Waals surface area contributed by atoms with Crippen LogP contribution >= 0.6 is 0 Å². The lowest BCUT2D eigenvalue weighted by molar-refractivity contribution is -0.128. The fourth-order valence-electron chi connectivity index (χ4n) is 3.73. The maximum Gasteiger partial charge on any atom is 0.336 e. The molecule has 174 valence electrons. The van der Waals surface area contributed by atoms with E-state index < -0.39 is 26.7 Å². The number of rotatable bonds is 5. The Kier molecular flexibility index (Phi) is 6.25. The van der Waals surface area contributed by atoms with Crippen LogP contribution in [0.5, 0.6) is 0 Å². The van der Waals surface area contributed by atoms with Crippen molar-refractivity contribution >= 4 is 21.4 Å². The average Bonchev–Trinajstić information content (AvgIpc) is 3.31. The minimum Gasteiger partial charge on any atom is -0.408 e. The molecular formula is C24H28N4O4S. The minimum atomic E-state index is -4.04. The van der Waals surface area contributed by atoms with Crippen molar-refractivity contribution in [1.82, 2.24) is 15.1 Å². The van der Waals surface area contributed by atoms with E-state index in [1.165, 1.54) is 0 Å². The van der Waals surface area contributed by atoms with E-state index in [-0.39, 0.29) is 11.3 Å². The van der Waals surface area contributed by atoms with Crippen LogP contribution in [0.15, 0.2) is 64.2 Å². The van der Waals surface area contributed by atoms with Gasteiger partial charge in [-0.2, -0.15) is 0 Å². The van der Waals surface area contributed by atoms with Crippen LogP contribution < -0.4 is 4.90 Å². The lowest BCUT2D eigenvalue weighted by Gasteiger charge is -2.36. The number of nitrogens with zero attached hydrogens (tertiary/aromatic N) is 4. The van der Waals surface area contributed by atoms with Gasteiger partial charge in [-0.25, -0.2) is 8.42 Å². The van der Waals surface area contributed by atoms with Crippen molar-refractivity contribution in [3.8, 4) is 11.5 Å². The lowest BCUT2D eigenvalue weighted by atomic mass is 9.87. The van der Waals surface area contributed by atoms with Gasteiger partial charge in [0, 0.05) is 37.4 Å². The minimum absolute atomic E-state index is 0.00515. The van der Waals surface area contributed by atoms with E-state index in [1.54, 1.807) is 4.90 Å². The van der Waals surface area contributed by atoms with Crippen molar-refractivity contribution in [2.75, 3.05) is 36.8 Å². The fraction of sp³-hybridized carbons (Fsp3) is 0.375. The summed E-state index contributed by atoms with van der Waals surface area (Å²) in [6, 6.07) is 17.5. The van der Waals surface area contributed by atoms with Crippen LogP contribution in [-0.2, 0) is 20.0 Å². The second kappa shape index (κ2) is 8.97. The smallest absolute Gasteiger partial charge is 0.336 e. The molecule has 1 aromatic heterocycles. The van der Waals surface area contributed by atoms with Gasteiger partial charge in [0.25, 0.3) is 0 Å². The molecule has 33 heavy (non-hydrogen) atoms. The maximum atomic E-state index is 12.7. The predicted molar refractivity (Wildman–Crippen MR) is 126 cm³/mol. The van der Waals surface area contributed by atoms with E-state index in [0.717, 1.165) is 11.3 Å². The molecule has 0 saturated carbocycles.